The molecule has 0 fully saturated rings. The molecule has 2 aliphatic heterocycles. The Bertz CT molecular complexity index is 3490. The highest BCUT2D eigenvalue weighted by Crippen LogP contribution is 2.34. The average Bonchev–Trinajstić information content (AvgIpc) is 4.23. The SMILES string of the molecule is O=C(O)c1cc(-c2cc[nH]c2)ccc1-c1ccc2ccccc2c1.O=C(O)c1cc(C2=CCN=C2)ccc1-c1cccc2ccccc12.O=C(O)c1cc(C2=CCN=C2)ccc1-c1ccccc1. The van der Waals surface area contributed by atoms with Crippen LogP contribution in [-0.2, 0) is 0 Å². The van der Waals surface area contributed by atoms with Gasteiger partial charge in [0.15, 0.2) is 0 Å². The van der Waals surface area contributed by atoms with Gasteiger partial charge in [-0.05, 0) is 119 Å². The summed E-state index contributed by atoms with van der Waals surface area (Å²) in [5.41, 5.74) is 11.5. The van der Waals surface area contributed by atoms with Crippen molar-refractivity contribution >= 4 is 63.0 Å². The molecule has 0 amide bonds. The lowest BCUT2D eigenvalue weighted by Crippen LogP contribution is -2.01. The van der Waals surface area contributed by atoms with E-state index in [-0.39, 0.29) is 0 Å². The lowest BCUT2D eigenvalue weighted by molar-refractivity contribution is 0.0687. The molecule has 4 N–H and O–H groups in total. The van der Waals surface area contributed by atoms with Crippen LogP contribution in [0, 0.1) is 0 Å². The van der Waals surface area contributed by atoms with Crippen LogP contribution < -0.4 is 0 Å². The van der Waals surface area contributed by atoms with E-state index in [0.29, 0.717) is 29.8 Å². The Labute approximate surface area is 392 Å². The molecule has 330 valence electrons. The number of aromatic carboxylic acids is 3. The van der Waals surface area contributed by atoms with Crippen LogP contribution in [0.4, 0.5) is 0 Å². The van der Waals surface area contributed by atoms with E-state index in [2.05, 4.69) is 15.0 Å². The van der Waals surface area contributed by atoms with Crippen LogP contribution >= 0.6 is 0 Å². The van der Waals surface area contributed by atoms with Crippen molar-refractivity contribution in [2.45, 2.75) is 0 Å². The smallest absolute Gasteiger partial charge is 0.336 e. The van der Waals surface area contributed by atoms with Gasteiger partial charge in [0.2, 0.25) is 0 Å². The highest BCUT2D eigenvalue weighted by molar-refractivity contribution is 6.14. The first-order valence-electron chi connectivity index (χ1n) is 21.9. The molecule has 9 aromatic rings. The van der Waals surface area contributed by atoms with Gasteiger partial charge >= 0.3 is 17.9 Å². The molecule has 0 bridgehead atoms. The maximum absolute atomic E-state index is 11.8. The molecule has 0 saturated carbocycles. The highest BCUT2D eigenvalue weighted by Gasteiger charge is 2.18. The second-order valence-corrected chi connectivity index (χ2v) is 16.1. The molecule has 9 nitrogen and oxygen atoms in total. The first-order chi connectivity index (χ1) is 33.2. The van der Waals surface area contributed by atoms with Crippen molar-refractivity contribution in [3.63, 3.8) is 0 Å². The molecule has 68 heavy (non-hydrogen) atoms. The zero-order valence-corrected chi connectivity index (χ0v) is 36.6. The number of carbonyl (C=O) groups is 3. The van der Waals surface area contributed by atoms with Gasteiger partial charge < -0.3 is 20.3 Å². The van der Waals surface area contributed by atoms with Crippen LogP contribution in [-0.4, -0.2) is 63.7 Å². The lowest BCUT2D eigenvalue weighted by Gasteiger charge is -2.12. The minimum atomic E-state index is -0.921. The van der Waals surface area contributed by atoms with E-state index < -0.39 is 17.9 Å². The van der Waals surface area contributed by atoms with E-state index in [1.54, 1.807) is 30.6 Å². The summed E-state index contributed by atoms with van der Waals surface area (Å²) < 4.78 is 0. The molecule has 0 atom stereocenters. The quantitative estimate of drug-likeness (QED) is 0.113. The summed E-state index contributed by atoms with van der Waals surface area (Å²) in [7, 11) is 0. The molecular formula is C59H43N3O6. The summed E-state index contributed by atoms with van der Waals surface area (Å²) in [6.45, 7) is 1.32. The van der Waals surface area contributed by atoms with Crippen molar-refractivity contribution in [2.24, 2.45) is 9.98 Å². The van der Waals surface area contributed by atoms with Gasteiger partial charge in [0.25, 0.3) is 0 Å². The number of aromatic amines is 1. The number of aliphatic imine (C=N–C) groups is 2. The summed E-state index contributed by atoms with van der Waals surface area (Å²) in [5.74, 6) is -2.76. The van der Waals surface area contributed by atoms with Gasteiger partial charge in [-0.3, -0.25) is 9.98 Å². The maximum Gasteiger partial charge on any atom is 0.336 e. The van der Waals surface area contributed by atoms with E-state index in [1.807, 2.05) is 182 Å². The lowest BCUT2D eigenvalue weighted by atomic mass is 9.92. The van der Waals surface area contributed by atoms with Crippen molar-refractivity contribution in [1.29, 1.82) is 0 Å². The topological polar surface area (TPSA) is 152 Å². The first kappa shape index (κ1) is 44.0. The Balaban J connectivity index is 0.000000128. The van der Waals surface area contributed by atoms with E-state index in [4.69, 9.17) is 0 Å². The molecular weight excluding hydrogens is 847 g/mol. The fraction of sp³-hybridized carbons (Fsp3) is 0.0339. The number of hydrogen-bond donors (Lipinski definition) is 4. The fourth-order valence-electron chi connectivity index (χ4n) is 8.47. The second kappa shape index (κ2) is 19.9. The van der Waals surface area contributed by atoms with Crippen LogP contribution in [0.25, 0.3) is 77.2 Å². The van der Waals surface area contributed by atoms with Crippen molar-refractivity contribution < 1.29 is 29.7 Å². The summed E-state index contributed by atoms with van der Waals surface area (Å²) in [6.07, 6.45) is 11.2. The predicted molar refractivity (Wildman–Crippen MR) is 274 cm³/mol. The molecule has 0 spiro atoms. The van der Waals surface area contributed by atoms with Gasteiger partial charge in [0.05, 0.1) is 29.8 Å². The molecule has 0 unspecified atom stereocenters. The number of hydrogen-bond acceptors (Lipinski definition) is 5. The van der Waals surface area contributed by atoms with E-state index in [9.17, 15) is 29.7 Å². The van der Waals surface area contributed by atoms with Crippen LogP contribution in [0.3, 0.4) is 0 Å². The van der Waals surface area contributed by atoms with E-state index in [1.165, 1.54) is 0 Å². The number of nitrogens with one attached hydrogen (secondary N) is 1. The van der Waals surface area contributed by atoms with Gasteiger partial charge in [0.1, 0.15) is 0 Å². The van der Waals surface area contributed by atoms with Crippen molar-refractivity contribution in [2.75, 3.05) is 13.1 Å². The number of benzene rings is 8. The van der Waals surface area contributed by atoms with Gasteiger partial charge in [-0.15, -0.1) is 0 Å². The van der Waals surface area contributed by atoms with Gasteiger partial charge in [0, 0.05) is 24.8 Å². The van der Waals surface area contributed by atoms with Crippen LogP contribution in [0.1, 0.15) is 42.2 Å². The minimum absolute atomic E-state index is 0.309. The summed E-state index contributed by atoms with van der Waals surface area (Å²) in [5, 5.41) is 33.2. The number of H-pyrrole nitrogens is 1. The summed E-state index contributed by atoms with van der Waals surface area (Å²) in [6, 6.07) is 56.3. The molecule has 3 heterocycles. The van der Waals surface area contributed by atoms with E-state index >= 15 is 0 Å². The Morgan fingerprint density at radius 2 is 0.912 bits per heavy atom. The maximum atomic E-state index is 11.8. The third-order valence-electron chi connectivity index (χ3n) is 11.9. The summed E-state index contributed by atoms with van der Waals surface area (Å²) >= 11 is 0. The number of carboxylic acid groups (broad SMARTS) is 3. The number of carboxylic acids is 3. The third-order valence-corrected chi connectivity index (χ3v) is 11.9. The van der Waals surface area contributed by atoms with Crippen LogP contribution in [0.2, 0.25) is 0 Å². The number of nitrogens with zero attached hydrogens (tertiary/aromatic N) is 2. The number of aromatic nitrogens is 1. The first-order valence-corrected chi connectivity index (χ1v) is 21.9. The minimum Gasteiger partial charge on any atom is -0.478 e. The third kappa shape index (κ3) is 9.59. The van der Waals surface area contributed by atoms with Crippen molar-refractivity contribution in [3.8, 4) is 44.5 Å². The normalized spacial score (nSPS) is 12.4. The summed E-state index contributed by atoms with van der Waals surface area (Å²) in [4.78, 5) is 46.4. The molecule has 1 aromatic heterocycles. The van der Waals surface area contributed by atoms with Gasteiger partial charge in [-0.2, -0.15) is 0 Å². The molecule has 0 radical (unpaired) electrons. The van der Waals surface area contributed by atoms with Crippen LogP contribution in [0.15, 0.2) is 210 Å². The van der Waals surface area contributed by atoms with Gasteiger partial charge in [-0.1, -0.05) is 158 Å². The Morgan fingerprint density at radius 1 is 0.397 bits per heavy atom. The Morgan fingerprint density at radius 3 is 1.51 bits per heavy atom. The second-order valence-electron chi connectivity index (χ2n) is 16.1. The Hall–Kier alpha value is -9.21. The standard InChI is InChI=1S/2C21H15NO2.C17H13NO2/c23-21(24)20-12-15(16-10-11-22-13-16)8-9-19(20)18-7-3-5-14-4-1-2-6-17(14)18;23-21(24)20-12-16(18-9-10-22-13-18)7-8-19(20)17-6-5-14-3-1-2-4-15(14)11-17;19-17(20)16-10-13(14-8-9-18-11-14)6-7-15(16)12-4-2-1-3-5-12/h1-10,12-13H,11H2,(H,23,24);1-13,22H,(H,23,24);1-8,10-11H,9H2,(H,19,20). The molecule has 11 rings (SSSR count). The predicted octanol–water partition coefficient (Wildman–Crippen LogP) is 13.4. The molecule has 9 heteroatoms. The van der Waals surface area contributed by atoms with Gasteiger partial charge in [-0.25, -0.2) is 14.4 Å². The average molecular weight is 890 g/mol. The zero-order valence-electron chi connectivity index (χ0n) is 36.6. The molecule has 2 aliphatic rings. The monoisotopic (exact) mass is 889 g/mol. The zero-order chi connectivity index (χ0) is 47.0. The van der Waals surface area contributed by atoms with Crippen molar-refractivity contribution in [1.82, 2.24) is 4.98 Å². The molecule has 8 aromatic carbocycles. The number of fused-ring (bicyclic) bond motifs is 2. The largest absolute Gasteiger partial charge is 0.478 e. The molecule has 0 aliphatic carbocycles. The van der Waals surface area contributed by atoms with Crippen LogP contribution in [0.5, 0.6) is 0 Å². The number of rotatable bonds is 9. The van der Waals surface area contributed by atoms with E-state index in [0.717, 1.165) is 88.3 Å². The van der Waals surface area contributed by atoms with Crippen molar-refractivity contribution in [3.05, 3.63) is 228 Å². The highest BCUT2D eigenvalue weighted by atomic mass is 16.4. The Kier molecular flexibility index (Phi) is 12.9. The fourth-order valence-corrected chi connectivity index (χ4v) is 8.47. The molecule has 0 saturated heterocycles. The number of allylic oxidation sites excluding steroid dienone is 2.